The average molecular weight is 612 g/mol. The van der Waals surface area contributed by atoms with Crippen molar-refractivity contribution in [3.8, 4) is 0 Å². The van der Waals surface area contributed by atoms with Gasteiger partial charge in [0.2, 0.25) is 11.8 Å². The number of hydrogen-bond donors (Lipinski definition) is 1. The van der Waals surface area contributed by atoms with Gasteiger partial charge in [-0.2, -0.15) is 0 Å². The molecule has 0 aliphatic heterocycles. The summed E-state index contributed by atoms with van der Waals surface area (Å²) >= 11 is 0. The molecular weight excluding hydrogens is 570 g/mol. The smallest absolute Gasteiger partial charge is 0.264 e. The molecule has 2 amide bonds. The Balaban J connectivity index is 1.81. The number of sulfonamides is 1. The van der Waals surface area contributed by atoms with Gasteiger partial charge in [-0.05, 0) is 81.1 Å². The van der Waals surface area contributed by atoms with Crippen molar-refractivity contribution in [1.82, 2.24) is 10.2 Å². The van der Waals surface area contributed by atoms with Crippen LogP contribution < -0.4 is 9.62 Å². The molecule has 44 heavy (non-hydrogen) atoms. The first-order valence-corrected chi connectivity index (χ1v) is 16.2. The molecule has 1 atom stereocenters. The minimum atomic E-state index is -4.14. The van der Waals surface area contributed by atoms with Crippen LogP contribution in [0.15, 0.2) is 108 Å². The maximum absolute atomic E-state index is 14.5. The highest BCUT2D eigenvalue weighted by molar-refractivity contribution is 7.92. The molecule has 0 aromatic heterocycles. The lowest BCUT2D eigenvalue weighted by Crippen LogP contribution is -2.54. The number of nitrogens with one attached hydrogen (secondary N) is 1. The molecular formula is C36H41N3O4S. The van der Waals surface area contributed by atoms with Gasteiger partial charge < -0.3 is 10.2 Å². The molecule has 0 aliphatic rings. The summed E-state index contributed by atoms with van der Waals surface area (Å²) in [4.78, 5) is 29.8. The predicted molar refractivity (Wildman–Crippen MR) is 176 cm³/mol. The summed E-state index contributed by atoms with van der Waals surface area (Å²) in [6, 6.07) is 30.0. The molecule has 4 aromatic rings. The van der Waals surface area contributed by atoms with Crippen LogP contribution in [0.25, 0.3) is 0 Å². The molecule has 0 saturated heterocycles. The highest BCUT2D eigenvalue weighted by Gasteiger charge is 2.35. The van der Waals surface area contributed by atoms with Crippen molar-refractivity contribution in [2.24, 2.45) is 0 Å². The second kappa shape index (κ2) is 14.4. The molecule has 0 bridgehead atoms. The summed E-state index contributed by atoms with van der Waals surface area (Å²) in [5, 5.41) is 2.98. The number of benzene rings is 4. The Labute approximate surface area is 261 Å². The maximum Gasteiger partial charge on any atom is 0.264 e. The van der Waals surface area contributed by atoms with E-state index in [0.29, 0.717) is 5.69 Å². The average Bonchev–Trinajstić information content (AvgIpc) is 2.98. The monoisotopic (exact) mass is 611 g/mol. The Bertz CT molecular complexity index is 1650. The predicted octanol–water partition coefficient (Wildman–Crippen LogP) is 5.97. The van der Waals surface area contributed by atoms with Crippen LogP contribution in [0.2, 0.25) is 0 Å². The van der Waals surface area contributed by atoms with Gasteiger partial charge in [0.15, 0.2) is 0 Å². The molecule has 0 unspecified atom stereocenters. The highest BCUT2D eigenvalue weighted by Crippen LogP contribution is 2.27. The zero-order chi connectivity index (χ0) is 31.9. The van der Waals surface area contributed by atoms with Gasteiger partial charge in [-0.1, -0.05) is 84.4 Å². The third kappa shape index (κ3) is 8.35. The van der Waals surface area contributed by atoms with Crippen LogP contribution in [0.3, 0.4) is 0 Å². The van der Waals surface area contributed by atoms with Gasteiger partial charge >= 0.3 is 0 Å². The quantitative estimate of drug-likeness (QED) is 0.214. The van der Waals surface area contributed by atoms with Crippen molar-refractivity contribution >= 4 is 27.5 Å². The lowest BCUT2D eigenvalue weighted by atomic mass is 10.0. The molecule has 4 rings (SSSR count). The molecule has 0 aliphatic carbocycles. The number of hydrogen-bond acceptors (Lipinski definition) is 4. The summed E-state index contributed by atoms with van der Waals surface area (Å²) in [7, 11) is -4.14. The van der Waals surface area contributed by atoms with Gasteiger partial charge in [-0.3, -0.25) is 13.9 Å². The van der Waals surface area contributed by atoms with Crippen molar-refractivity contribution in [2.45, 2.75) is 64.6 Å². The molecule has 8 heteroatoms. The van der Waals surface area contributed by atoms with Crippen LogP contribution in [-0.4, -0.2) is 43.8 Å². The molecule has 0 spiro atoms. The van der Waals surface area contributed by atoms with E-state index in [4.69, 9.17) is 0 Å². The van der Waals surface area contributed by atoms with Crippen molar-refractivity contribution in [3.05, 3.63) is 131 Å². The lowest BCUT2D eigenvalue weighted by Gasteiger charge is -2.34. The van der Waals surface area contributed by atoms with E-state index in [1.54, 1.807) is 36.4 Å². The van der Waals surface area contributed by atoms with Crippen LogP contribution >= 0.6 is 0 Å². The van der Waals surface area contributed by atoms with Crippen molar-refractivity contribution in [1.29, 1.82) is 0 Å². The Morgan fingerprint density at radius 3 is 1.82 bits per heavy atom. The third-order valence-corrected chi connectivity index (χ3v) is 9.07. The van der Waals surface area contributed by atoms with Crippen molar-refractivity contribution in [3.63, 3.8) is 0 Å². The molecule has 1 N–H and O–H groups in total. The zero-order valence-electron chi connectivity index (χ0n) is 26.0. The fourth-order valence-electron chi connectivity index (χ4n) is 5.18. The Hall–Kier alpha value is -4.43. The maximum atomic E-state index is 14.5. The van der Waals surface area contributed by atoms with Gasteiger partial charge in [0.1, 0.15) is 12.6 Å². The molecule has 0 fully saturated rings. The summed E-state index contributed by atoms with van der Waals surface area (Å²) < 4.78 is 29.6. The van der Waals surface area contributed by atoms with E-state index >= 15 is 0 Å². The fraction of sp³-hybridized carbons (Fsp3) is 0.278. The normalized spacial score (nSPS) is 12.0. The fourth-order valence-corrected chi connectivity index (χ4v) is 6.57. The van der Waals surface area contributed by atoms with Crippen LogP contribution in [0.1, 0.15) is 41.7 Å². The van der Waals surface area contributed by atoms with Crippen LogP contribution in [-0.2, 0) is 32.6 Å². The van der Waals surface area contributed by atoms with Gasteiger partial charge in [-0.15, -0.1) is 0 Å². The molecule has 4 aromatic carbocycles. The zero-order valence-corrected chi connectivity index (χ0v) is 26.8. The van der Waals surface area contributed by atoms with E-state index in [2.05, 4.69) is 5.32 Å². The van der Waals surface area contributed by atoms with Gasteiger partial charge in [0.25, 0.3) is 10.0 Å². The molecule has 0 saturated carbocycles. The Morgan fingerprint density at radius 1 is 0.727 bits per heavy atom. The van der Waals surface area contributed by atoms with Gasteiger partial charge in [0, 0.05) is 19.0 Å². The first-order valence-electron chi connectivity index (χ1n) is 14.8. The molecule has 0 radical (unpaired) electrons. The number of rotatable bonds is 12. The summed E-state index contributed by atoms with van der Waals surface area (Å²) in [6.45, 7) is 9.07. The van der Waals surface area contributed by atoms with Crippen molar-refractivity contribution in [2.75, 3.05) is 10.8 Å². The Morgan fingerprint density at radius 2 is 1.27 bits per heavy atom. The van der Waals surface area contributed by atoms with E-state index in [-0.39, 0.29) is 29.8 Å². The summed E-state index contributed by atoms with van der Waals surface area (Å²) in [6.07, 6.45) is 0.270. The Kier molecular flexibility index (Phi) is 10.6. The standard InChI is InChI=1S/C36H41N3O4S/c1-26(2)37-36(41)34(23-30-12-8-6-9-13-30)38(24-31-14-10-7-11-15-31)35(40)25-39(32-21-28(4)20-29(5)22-32)44(42,43)33-18-16-27(3)17-19-33/h6-22,26,34H,23-25H2,1-5H3,(H,37,41)/t34-/m1/s1. The number of amides is 2. The summed E-state index contributed by atoms with van der Waals surface area (Å²) in [5.74, 6) is -0.781. The van der Waals surface area contributed by atoms with Crippen LogP contribution in [0.4, 0.5) is 5.69 Å². The van der Waals surface area contributed by atoms with Crippen molar-refractivity contribution < 1.29 is 18.0 Å². The van der Waals surface area contributed by atoms with Gasteiger partial charge in [-0.25, -0.2) is 8.42 Å². The second-order valence-corrected chi connectivity index (χ2v) is 13.4. The third-order valence-electron chi connectivity index (χ3n) is 7.28. The number of carbonyl (C=O) groups excluding carboxylic acids is 2. The van der Waals surface area contributed by atoms with E-state index in [0.717, 1.165) is 32.1 Å². The van der Waals surface area contributed by atoms with Crippen LogP contribution in [0, 0.1) is 20.8 Å². The first-order chi connectivity index (χ1) is 20.9. The largest absolute Gasteiger partial charge is 0.352 e. The topological polar surface area (TPSA) is 86.8 Å². The number of anilines is 1. The number of aryl methyl sites for hydroxylation is 3. The minimum absolute atomic E-state index is 0.0862. The molecule has 230 valence electrons. The summed E-state index contributed by atoms with van der Waals surface area (Å²) in [5.41, 5.74) is 4.78. The first kappa shape index (κ1) is 32.5. The van der Waals surface area contributed by atoms with Crippen LogP contribution in [0.5, 0.6) is 0 Å². The molecule has 0 heterocycles. The SMILES string of the molecule is Cc1ccc(S(=O)(=O)N(CC(=O)N(Cc2ccccc2)[C@H](Cc2ccccc2)C(=O)NC(C)C)c2cc(C)cc(C)c2)cc1. The van der Waals surface area contributed by atoms with Gasteiger partial charge in [0.05, 0.1) is 10.6 Å². The van der Waals surface area contributed by atoms with E-state index < -0.39 is 28.5 Å². The second-order valence-electron chi connectivity index (χ2n) is 11.5. The highest BCUT2D eigenvalue weighted by atomic mass is 32.2. The number of carbonyl (C=O) groups is 2. The van der Waals surface area contributed by atoms with E-state index in [9.17, 15) is 18.0 Å². The van der Waals surface area contributed by atoms with E-state index in [1.165, 1.54) is 4.90 Å². The van der Waals surface area contributed by atoms with E-state index in [1.807, 2.05) is 101 Å². The molecule has 7 nitrogen and oxygen atoms in total. The number of nitrogens with zero attached hydrogens (tertiary/aromatic N) is 2. The minimum Gasteiger partial charge on any atom is -0.352 e. The lowest BCUT2D eigenvalue weighted by molar-refractivity contribution is -0.140.